The molecule has 0 amide bonds. The maximum Gasteiger partial charge on any atom is 0.261 e. The van der Waals surface area contributed by atoms with E-state index >= 15 is 0 Å². The van der Waals surface area contributed by atoms with Gasteiger partial charge >= 0.3 is 0 Å². The quantitative estimate of drug-likeness (QED) is 0.788. The minimum absolute atomic E-state index is 0.0320. The summed E-state index contributed by atoms with van der Waals surface area (Å²) >= 11 is 0. The molecule has 2 aromatic carbocycles. The Hall–Kier alpha value is -1.72. The van der Waals surface area contributed by atoms with E-state index in [9.17, 15) is 8.42 Å². The number of rotatable bonds is 5. The zero-order valence-corrected chi connectivity index (χ0v) is 12.3. The van der Waals surface area contributed by atoms with Crippen molar-refractivity contribution in [2.45, 2.75) is 11.8 Å². The van der Waals surface area contributed by atoms with E-state index < -0.39 is 9.05 Å². The van der Waals surface area contributed by atoms with E-state index in [4.69, 9.17) is 20.2 Å². The van der Waals surface area contributed by atoms with Crippen LogP contribution in [0.15, 0.2) is 53.4 Å². The summed E-state index contributed by atoms with van der Waals surface area (Å²) in [4.78, 5) is 0.0320. The van der Waals surface area contributed by atoms with Gasteiger partial charge in [-0.3, -0.25) is 0 Å². The van der Waals surface area contributed by atoms with Crippen LogP contribution in [0.4, 0.5) is 0 Å². The molecule has 0 heterocycles. The van der Waals surface area contributed by atoms with Gasteiger partial charge in [0, 0.05) is 10.7 Å². The van der Waals surface area contributed by atoms with Gasteiger partial charge in [-0.05, 0) is 43.3 Å². The van der Waals surface area contributed by atoms with Crippen LogP contribution in [0.1, 0.15) is 6.92 Å². The molecule has 0 spiro atoms. The van der Waals surface area contributed by atoms with E-state index in [2.05, 4.69) is 0 Å². The Morgan fingerprint density at radius 1 is 1.00 bits per heavy atom. The summed E-state index contributed by atoms with van der Waals surface area (Å²) in [6.45, 7) is 2.42. The highest BCUT2D eigenvalue weighted by Crippen LogP contribution is 2.31. The van der Waals surface area contributed by atoms with Gasteiger partial charge in [-0.25, -0.2) is 8.42 Å². The van der Waals surface area contributed by atoms with Crippen molar-refractivity contribution >= 4 is 19.7 Å². The summed E-state index contributed by atoms with van der Waals surface area (Å²) < 4.78 is 33.4. The summed E-state index contributed by atoms with van der Waals surface area (Å²) in [6.07, 6.45) is 0. The van der Waals surface area contributed by atoms with Crippen LogP contribution in [0.5, 0.6) is 17.2 Å². The van der Waals surface area contributed by atoms with Crippen molar-refractivity contribution in [2.24, 2.45) is 0 Å². The smallest absolute Gasteiger partial charge is 0.261 e. The van der Waals surface area contributed by atoms with E-state index in [0.717, 1.165) is 0 Å². The Labute approximate surface area is 122 Å². The minimum Gasteiger partial charge on any atom is -0.490 e. The SMILES string of the molecule is CCOc1ccccc1Oc1ccc(S(=O)(=O)Cl)cc1. The third kappa shape index (κ3) is 3.65. The normalized spacial score (nSPS) is 11.1. The zero-order chi connectivity index (χ0) is 14.6. The molecule has 2 aromatic rings. The van der Waals surface area contributed by atoms with Crippen molar-refractivity contribution in [3.63, 3.8) is 0 Å². The topological polar surface area (TPSA) is 52.6 Å². The Balaban J connectivity index is 2.22. The van der Waals surface area contributed by atoms with Crippen LogP contribution >= 0.6 is 10.7 Å². The summed E-state index contributed by atoms with van der Waals surface area (Å²) in [5, 5.41) is 0. The van der Waals surface area contributed by atoms with Crippen LogP contribution in [0.3, 0.4) is 0 Å². The molecular weight excluding hydrogens is 300 g/mol. The van der Waals surface area contributed by atoms with E-state index in [0.29, 0.717) is 23.9 Å². The van der Waals surface area contributed by atoms with Crippen LogP contribution in [0, 0.1) is 0 Å². The van der Waals surface area contributed by atoms with Gasteiger partial charge in [0.05, 0.1) is 11.5 Å². The number of hydrogen-bond donors (Lipinski definition) is 0. The Morgan fingerprint density at radius 2 is 1.60 bits per heavy atom. The number of ether oxygens (including phenoxy) is 2. The van der Waals surface area contributed by atoms with Crippen molar-refractivity contribution in [1.82, 2.24) is 0 Å². The van der Waals surface area contributed by atoms with Gasteiger partial charge in [-0.2, -0.15) is 0 Å². The van der Waals surface area contributed by atoms with E-state index in [1.54, 1.807) is 12.1 Å². The number of halogens is 1. The average molecular weight is 313 g/mol. The lowest BCUT2D eigenvalue weighted by Gasteiger charge is -2.11. The molecule has 0 aliphatic rings. The van der Waals surface area contributed by atoms with Gasteiger partial charge in [0.2, 0.25) is 0 Å². The third-order valence-corrected chi connectivity index (χ3v) is 3.85. The summed E-state index contributed by atoms with van der Waals surface area (Å²) in [7, 11) is 1.53. The molecule has 106 valence electrons. The lowest BCUT2D eigenvalue weighted by molar-refractivity contribution is 0.321. The predicted octanol–water partition coefficient (Wildman–Crippen LogP) is 3.81. The fraction of sp³-hybridized carbons (Fsp3) is 0.143. The largest absolute Gasteiger partial charge is 0.490 e. The van der Waals surface area contributed by atoms with E-state index in [1.807, 2.05) is 19.1 Å². The Kier molecular flexibility index (Phi) is 4.52. The van der Waals surface area contributed by atoms with E-state index in [-0.39, 0.29) is 4.90 Å². The monoisotopic (exact) mass is 312 g/mol. The Morgan fingerprint density at radius 3 is 2.15 bits per heavy atom. The molecule has 0 aliphatic carbocycles. The standard InChI is InChI=1S/C14H13ClO4S/c1-2-18-13-5-3-4-6-14(13)19-11-7-9-12(10-8-11)20(15,16)17/h3-10H,2H2,1H3. The molecule has 0 aromatic heterocycles. The van der Waals surface area contributed by atoms with Gasteiger partial charge in [-0.15, -0.1) is 0 Å². The maximum atomic E-state index is 11.1. The molecule has 20 heavy (non-hydrogen) atoms. The van der Waals surface area contributed by atoms with Gasteiger partial charge in [0.15, 0.2) is 11.5 Å². The van der Waals surface area contributed by atoms with Gasteiger partial charge in [-0.1, -0.05) is 12.1 Å². The lowest BCUT2D eigenvalue weighted by atomic mass is 10.3. The van der Waals surface area contributed by atoms with Crippen molar-refractivity contribution in [2.75, 3.05) is 6.61 Å². The second-order valence-corrected chi connectivity index (χ2v) is 6.46. The number of benzene rings is 2. The molecule has 0 N–H and O–H groups in total. The highest BCUT2D eigenvalue weighted by atomic mass is 35.7. The lowest BCUT2D eigenvalue weighted by Crippen LogP contribution is -1.95. The number of para-hydroxylation sites is 2. The minimum atomic E-state index is -3.72. The molecule has 0 saturated heterocycles. The molecule has 0 radical (unpaired) electrons. The highest BCUT2D eigenvalue weighted by Gasteiger charge is 2.10. The summed E-state index contributed by atoms with van der Waals surface area (Å²) in [6, 6.07) is 13.1. The molecule has 0 bridgehead atoms. The average Bonchev–Trinajstić information content (AvgIpc) is 2.41. The molecule has 0 aliphatic heterocycles. The van der Waals surface area contributed by atoms with Crippen molar-refractivity contribution in [1.29, 1.82) is 0 Å². The van der Waals surface area contributed by atoms with Crippen LogP contribution in [0.2, 0.25) is 0 Å². The molecule has 4 nitrogen and oxygen atoms in total. The first kappa shape index (κ1) is 14.7. The highest BCUT2D eigenvalue weighted by molar-refractivity contribution is 8.13. The fourth-order valence-electron chi connectivity index (χ4n) is 1.61. The summed E-state index contributed by atoms with van der Waals surface area (Å²) in [5.74, 6) is 1.70. The maximum absolute atomic E-state index is 11.1. The van der Waals surface area contributed by atoms with Crippen LogP contribution in [-0.4, -0.2) is 15.0 Å². The van der Waals surface area contributed by atoms with Crippen molar-refractivity contribution < 1.29 is 17.9 Å². The summed E-state index contributed by atoms with van der Waals surface area (Å²) in [5.41, 5.74) is 0. The van der Waals surface area contributed by atoms with Gasteiger partial charge in [0.1, 0.15) is 5.75 Å². The molecule has 0 unspecified atom stereocenters. The molecule has 0 fully saturated rings. The van der Waals surface area contributed by atoms with Crippen LogP contribution in [0.25, 0.3) is 0 Å². The van der Waals surface area contributed by atoms with Crippen LogP contribution in [-0.2, 0) is 9.05 Å². The second kappa shape index (κ2) is 6.15. The van der Waals surface area contributed by atoms with Gasteiger partial charge < -0.3 is 9.47 Å². The fourth-order valence-corrected chi connectivity index (χ4v) is 2.38. The molecule has 6 heteroatoms. The first-order chi connectivity index (χ1) is 9.50. The van der Waals surface area contributed by atoms with Crippen molar-refractivity contribution in [3.8, 4) is 17.2 Å². The van der Waals surface area contributed by atoms with Crippen LogP contribution < -0.4 is 9.47 Å². The predicted molar refractivity (Wildman–Crippen MR) is 77.2 cm³/mol. The first-order valence-corrected chi connectivity index (χ1v) is 8.26. The third-order valence-electron chi connectivity index (χ3n) is 2.48. The first-order valence-electron chi connectivity index (χ1n) is 5.95. The van der Waals surface area contributed by atoms with E-state index in [1.165, 1.54) is 24.3 Å². The molecule has 0 atom stereocenters. The molecule has 0 saturated carbocycles. The second-order valence-electron chi connectivity index (χ2n) is 3.89. The molecular formula is C14H13ClO4S. The number of hydrogen-bond acceptors (Lipinski definition) is 4. The Bertz CT molecular complexity index is 681. The molecule has 2 rings (SSSR count). The van der Waals surface area contributed by atoms with Crippen molar-refractivity contribution in [3.05, 3.63) is 48.5 Å². The zero-order valence-electron chi connectivity index (χ0n) is 10.7. The van der Waals surface area contributed by atoms with Gasteiger partial charge in [0.25, 0.3) is 9.05 Å².